The summed E-state index contributed by atoms with van der Waals surface area (Å²) in [6.07, 6.45) is 0. The monoisotopic (exact) mass is 184 g/mol. The minimum absolute atomic E-state index is 0.118. The number of carbonyl (C=O) groups is 2. The molecule has 0 saturated heterocycles. The molecule has 0 aliphatic heterocycles. The number of urea groups is 1. The largest absolute Gasteiger partial charge is 0.351 e. The second-order valence-corrected chi connectivity index (χ2v) is 2.60. The Morgan fingerprint density at radius 2 is 2.23 bits per heavy atom. The molecule has 6 heteroatoms. The summed E-state index contributed by atoms with van der Waals surface area (Å²) >= 11 is 0. The Labute approximate surface area is 76.3 Å². The first-order valence-electron chi connectivity index (χ1n) is 3.66. The van der Waals surface area contributed by atoms with Crippen LogP contribution in [0, 0.1) is 11.3 Å². The Hall–Kier alpha value is -1.61. The van der Waals surface area contributed by atoms with Crippen LogP contribution in [-0.2, 0) is 4.79 Å². The SMILES string of the molecule is CC(C(=O)NC(N)=O)N(C)CC#N. The quantitative estimate of drug-likeness (QED) is 0.551. The molecule has 3 amide bonds. The minimum Gasteiger partial charge on any atom is -0.351 e. The number of nitrogens with one attached hydrogen (secondary N) is 1. The van der Waals surface area contributed by atoms with Gasteiger partial charge in [-0.3, -0.25) is 15.0 Å². The van der Waals surface area contributed by atoms with Crippen LogP contribution < -0.4 is 11.1 Å². The zero-order valence-electron chi connectivity index (χ0n) is 7.57. The highest BCUT2D eigenvalue weighted by molar-refractivity contribution is 5.96. The van der Waals surface area contributed by atoms with Gasteiger partial charge in [-0.15, -0.1) is 0 Å². The molecule has 1 unspecified atom stereocenters. The van der Waals surface area contributed by atoms with Gasteiger partial charge in [0, 0.05) is 0 Å². The van der Waals surface area contributed by atoms with Gasteiger partial charge in [0.05, 0.1) is 18.7 Å². The lowest BCUT2D eigenvalue weighted by molar-refractivity contribution is -0.124. The molecule has 0 aliphatic rings. The molecular formula is C7H12N4O2. The minimum atomic E-state index is -0.887. The number of likely N-dealkylation sites (N-methyl/N-ethyl adjacent to an activating group) is 1. The lowest BCUT2D eigenvalue weighted by Gasteiger charge is -2.19. The molecular weight excluding hydrogens is 172 g/mol. The van der Waals surface area contributed by atoms with Crippen molar-refractivity contribution in [2.45, 2.75) is 13.0 Å². The van der Waals surface area contributed by atoms with Crippen LogP contribution in [0.1, 0.15) is 6.92 Å². The molecule has 0 saturated carbocycles. The molecule has 0 aliphatic carbocycles. The number of nitrogens with two attached hydrogens (primary N) is 1. The average Bonchev–Trinajstić information content (AvgIpc) is 2.02. The van der Waals surface area contributed by atoms with Crippen molar-refractivity contribution in [1.29, 1.82) is 5.26 Å². The first kappa shape index (κ1) is 11.4. The van der Waals surface area contributed by atoms with Crippen molar-refractivity contribution in [3.05, 3.63) is 0 Å². The molecule has 13 heavy (non-hydrogen) atoms. The Morgan fingerprint density at radius 1 is 1.69 bits per heavy atom. The number of primary amides is 1. The molecule has 0 fully saturated rings. The van der Waals surface area contributed by atoms with E-state index < -0.39 is 18.0 Å². The molecule has 1 atom stereocenters. The fourth-order valence-electron chi connectivity index (χ4n) is 0.675. The zero-order chi connectivity index (χ0) is 10.4. The molecule has 0 radical (unpaired) electrons. The summed E-state index contributed by atoms with van der Waals surface area (Å²) in [4.78, 5) is 22.9. The van der Waals surface area contributed by atoms with Crippen LogP contribution in [-0.4, -0.2) is 36.5 Å². The number of rotatable bonds is 3. The van der Waals surface area contributed by atoms with Crippen molar-refractivity contribution >= 4 is 11.9 Å². The summed E-state index contributed by atoms with van der Waals surface area (Å²) in [5, 5.41) is 10.3. The van der Waals surface area contributed by atoms with E-state index in [1.807, 2.05) is 11.4 Å². The standard InChI is InChI=1S/C7H12N4O2/c1-5(11(2)4-3-8)6(12)10-7(9)13/h5H,4H2,1-2H3,(H3,9,10,12,13). The smallest absolute Gasteiger partial charge is 0.318 e. The summed E-state index contributed by atoms with van der Waals surface area (Å²) < 4.78 is 0. The van der Waals surface area contributed by atoms with E-state index in [0.29, 0.717) is 0 Å². The third-order valence-corrected chi connectivity index (χ3v) is 1.61. The highest BCUT2D eigenvalue weighted by atomic mass is 16.2. The first-order valence-corrected chi connectivity index (χ1v) is 3.66. The summed E-state index contributed by atoms with van der Waals surface area (Å²) in [6.45, 7) is 1.70. The van der Waals surface area contributed by atoms with Crippen molar-refractivity contribution < 1.29 is 9.59 Å². The van der Waals surface area contributed by atoms with Crippen molar-refractivity contribution in [1.82, 2.24) is 10.2 Å². The van der Waals surface area contributed by atoms with Crippen molar-refractivity contribution in [3.8, 4) is 6.07 Å². The van der Waals surface area contributed by atoms with Gasteiger partial charge in [-0.1, -0.05) is 0 Å². The van der Waals surface area contributed by atoms with Crippen LogP contribution in [0.3, 0.4) is 0 Å². The number of nitrogens with zero attached hydrogens (tertiary/aromatic N) is 2. The van der Waals surface area contributed by atoms with Crippen LogP contribution in [0.4, 0.5) is 4.79 Å². The summed E-state index contributed by atoms with van der Waals surface area (Å²) in [5.74, 6) is -0.509. The Bertz CT molecular complexity index is 245. The van der Waals surface area contributed by atoms with Gasteiger partial charge in [0.2, 0.25) is 5.91 Å². The summed E-state index contributed by atoms with van der Waals surface area (Å²) in [6, 6.07) is 0.451. The number of imide groups is 1. The predicted molar refractivity (Wildman–Crippen MR) is 45.4 cm³/mol. The lowest BCUT2D eigenvalue weighted by Crippen LogP contribution is -2.47. The van der Waals surface area contributed by atoms with Crippen LogP contribution in [0.5, 0.6) is 0 Å². The molecule has 0 bridgehead atoms. The third kappa shape index (κ3) is 4.08. The molecule has 72 valence electrons. The number of hydrogen-bond donors (Lipinski definition) is 2. The molecule has 0 heterocycles. The van der Waals surface area contributed by atoms with Crippen LogP contribution in [0.15, 0.2) is 0 Å². The number of nitriles is 1. The van der Waals surface area contributed by atoms with E-state index in [-0.39, 0.29) is 6.54 Å². The molecule has 0 aromatic rings. The maximum absolute atomic E-state index is 11.1. The molecule has 0 rings (SSSR count). The van der Waals surface area contributed by atoms with E-state index in [4.69, 9.17) is 11.0 Å². The van der Waals surface area contributed by atoms with Crippen molar-refractivity contribution in [2.75, 3.05) is 13.6 Å². The Morgan fingerprint density at radius 3 is 2.62 bits per heavy atom. The average molecular weight is 184 g/mol. The van der Waals surface area contributed by atoms with Gasteiger partial charge in [0.25, 0.3) is 0 Å². The predicted octanol–water partition coefficient (Wildman–Crippen LogP) is -0.975. The van der Waals surface area contributed by atoms with Gasteiger partial charge < -0.3 is 5.73 Å². The molecule has 6 nitrogen and oxygen atoms in total. The van der Waals surface area contributed by atoms with E-state index >= 15 is 0 Å². The van der Waals surface area contributed by atoms with E-state index in [2.05, 4.69) is 0 Å². The van der Waals surface area contributed by atoms with Crippen LogP contribution in [0.25, 0.3) is 0 Å². The lowest BCUT2D eigenvalue weighted by atomic mass is 10.3. The maximum atomic E-state index is 11.1. The van der Waals surface area contributed by atoms with Gasteiger partial charge in [-0.2, -0.15) is 5.26 Å². The Kier molecular flexibility index (Phi) is 4.48. The second kappa shape index (κ2) is 5.11. The van der Waals surface area contributed by atoms with Gasteiger partial charge in [0.1, 0.15) is 0 Å². The maximum Gasteiger partial charge on any atom is 0.318 e. The van der Waals surface area contributed by atoms with Crippen LogP contribution >= 0.6 is 0 Å². The summed E-state index contributed by atoms with van der Waals surface area (Å²) in [5.41, 5.74) is 4.75. The number of carbonyl (C=O) groups excluding carboxylic acids is 2. The fraction of sp³-hybridized carbons (Fsp3) is 0.571. The Balaban J connectivity index is 4.10. The van der Waals surface area contributed by atoms with Gasteiger partial charge >= 0.3 is 6.03 Å². The topological polar surface area (TPSA) is 99.2 Å². The molecule has 0 spiro atoms. The third-order valence-electron chi connectivity index (χ3n) is 1.61. The molecule has 3 N–H and O–H groups in total. The number of hydrogen-bond acceptors (Lipinski definition) is 4. The second-order valence-electron chi connectivity index (χ2n) is 2.60. The highest BCUT2D eigenvalue weighted by Gasteiger charge is 2.18. The fourth-order valence-corrected chi connectivity index (χ4v) is 0.675. The van der Waals surface area contributed by atoms with E-state index in [1.165, 1.54) is 4.90 Å². The van der Waals surface area contributed by atoms with Gasteiger partial charge in [-0.05, 0) is 14.0 Å². The molecule has 0 aromatic heterocycles. The summed E-state index contributed by atoms with van der Waals surface area (Å²) in [7, 11) is 1.61. The van der Waals surface area contributed by atoms with Gasteiger partial charge in [0.15, 0.2) is 0 Å². The van der Waals surface area contributed by atoms with E-state index in [9.17, 15) is 9.59 Å². The molecule has 0 aromatic carbocycles. The van der Waals surface area contributed by atoms with Crippen LogP contribution in [0.2, 0.25) is 0 Å². The van der Waals surface area contributed by atoms with E-state index in [1.54, 1.807) is 14.0 Å². The van der Waals surface area contributed by atoms with Crippen molar-refractivity contribution in [3.63, 3.8) is 0 Å². The highest BCUT2D eigenvalue weighted by Crippen LogP contribution is 1.93. The van der Waals surface area contributed by atoms with Gasteiger partial charge in [-0.25, -0.2) is 4.79 Å². The number of amides is 3. The first-order chi connectivity index (χ1) is 5.99. The zero-order valence-corrected chi connectivity index (χ0v) is 7.57. The van der Waals surface area contributed by atoms with E-state index in [0.717, 1.165) is 0 Å². The normalized spacial score (nSPS) is 11.8. The van der Waals surface area contributed by atoms with Crippen molar-refractivity contribution in [2.24, 2.45) is 5.73 Å².